The van der Waals surface area contributed by atoms with Crippen LogP contribution in [-0.4, -0.2) is 70.7 Å². The molecule has 0 bridgehead atoms. The van der Waals surface area contributed by atoms with Crippen LogP contribution >= 0.6 is 72.3 Å². The zero-order chi connectivity index (χ0) is 26.3. The summed E-state index contributed by atoms with van der Waals surface area (Å²) in [5, 5.41) is 0. The zero-order valence-corrected chi connectivity index (χ0v) is 27.3. The first-order valence-electron chi connectivity index (χ1n) is 13.2. The molecule has 0 N–H and O–H groups in total. The highest BCUT2D eigenvalue weighted by Gasteiger charge is 2.35. The highest BCUT2D eigenvalue weighted by Crippen LogP contribution is 2.50. The van der Waals surface area contributed by atoms with E-state index in [1.807, 2.05) is 47.0 Å². The van der Waals surface area contributed by atoms with E-state index in [0.29, 0.717) is 0 Å². The lowest BCUT2D eigenvalue weighted by atomic mass is 9.82. The molecule has 2 nitrogen and oxygen atoms in total. The topological polar surface area (TPSA) is 18.5 Å². The maximum Gasteiger partial charge on any atom is 0.119 e. The van der Waals surface area contributed by atoms with Gasteiger partial charge in [-0.1, -0.05) is 26.0 Å². The summed E-state index contributed by atoms with van der Waals surface area (Å²) in [5.41, 5.74) is 5.30. The summed E-state index contributed by atoms with van der Waals surface area (Å²) in [7, 11) is 0. The Morgan fingerprint density at radius 3 is 1.41 bits per heavy atom. The molecule has 0 saturated heterocycles. The van der Waals surface area contributed by atoms with Gasteiger partial charge in [0.05, 0.1) is 13.2 Å². The fourth-order valence-corrected chi connectivity index (χ4v) is 8.76. The maximum atomic E-state index is 6.16. The van der Waals surface area contributed by atoms with Crippen LogP contribution in [0, 0.1) is 0 Å². The van der Waals surface area contributed by atoms with Crippen molar-refractivity contribution in [3.8, 4) is 22.6 Å². The molecule has 2 aromatic carbocycles. The molecule has 206 valence electrons. The van der Waals surface area contributed by atoms with Gasteiger partial charge in [0.2, 0.25) is 0 Å². The lowest BCUT2D eigenvalue weighted by molar-refractivity contribution is 0.318. The summed E-state index contributed by atoms with van der Waals surface area (Å²) < 4.78 is 12.3. The third-order valence-corrected chi connectivity index (χ3v) is 11.9. The minimum absolute atomic E-state index is 0.00897. The molecule has 8 heteroatoms. The van der Waals surface area contributed by atoms with Gasteiger partial charge in [0.25, 0.3) is 0 Å². The molecule has 1 aliphatic rings. The molecule has 0 saturated carbocycles. The summed E-state index contributed by atoms with van der Waals surface area (Å²) in [6.45, 7) is 6.16. The van der Waals surface area contributed by atoms with Crippen molar-refractivity contribution in [1.29, 1.82) is 0 Å². The number of fused-ring (bicyclic) bond motifs is 3. The second kappa shape index (κ2) is 17.8. The first-order chi connectivity index (χ1) is 18.1. The lowest BCUT2D eigenvalue weighted by Gasteiger charge is -2.21. The minimum Gasteiger partial charge on any atom is -0.494 e. The molecular weight excluding hydrogens is 573 g/mol. The highest BCUT2D eigenvalue weighted by atomic mass is 32.2. The van der Waals surface area contributed by atoms with Gasteiger partial charge < -0.3 is 9.47 Å². The Bertz CT molecular complexity index is 863. The van der Waals surface area contributed by atoms with Gasteiger partial charge in [-0.25, -0.2) is 0 Å². The monoisotopic (exact) mass is 614 g/mol. The molecule has 0 atom stereocenters. The van der Waals surface area contributed by atoms with Crippen LogP contribution in [0.3, 0.4) is 0 Å². The van der Waals surface area contributed by atoms with E-state index in [4.69, 9.17) is 9.47 Å². The molecule has 1 aliphatic carbocycles. The van der Waals surface area contributed by atoms with Crippen molar-refractivity contribution < 1.29 is 9.47 Å². The summed E-state index contributed by atoms with van der Waals surface area (Å²) in [6, 6.07) is 13.3. The summed E-state index contributed by atoms with van der Waals surface area (Å²) in [6.07, 6.45) is 2.15. The van der Waals surface area contributed by atoms with Crippen LogP contribution in [-0.2, 0) is 5.41 Å². The fraction of sp³-hybridized carbons (Fsp3) is 0.586. The molecule has 0 spiro atoms. The Hall–Kier alpha value is 0.140. The number of thiol groups is 2. The van der Waals surface area contributed by atoms with Gasteiger partial charge in [-0.05, 0) is 82.4 Å². The molecule has 0 aromatic heterocycles. The number of thioether (sulfide) groups is 4. The number of hydrogen-bond acceptors (Lipinski definition) is 8. The first kappa shape index (κ1) is 31.7. The predicted molar refractivity (Wildman–Crippen MR) is 181 cm³/mol. The molecule has 3 rings (SSSR count). The molecule has 0 amide bonds. The highest BCUT2D eigenvalue weighted by molar-refractivity contribution is 8.03. The van der Waals surface area contributed by atoms with E-state index in [1.54, 1.807) is 0 Å². The zero-order valence-electron chi connectivity index (χ0n) is 22.2. The normalized spacial score (nSPS) is 13.4. The summed E-state index contributed by atoms with van der Waals surface area (Å²) >= 11 is 16.5. The van der Waals surface area contributed by atoms with E-state index in [1.165, 1.54) is 45.3 Å². The van der Waals surface area contributed by atoms with Crippen molar-refractivity contribution in [2.75, 3.05) is 70.7 Å². The van der Waals surface area contributed by atoms with E-state index in [0.717, 1.165) is 72.1 Å². The Kier molecular flexibility index (Phi) is 15.2. The summed E-state index contributed by atoms with van der Waals surface area (Å²) in [4.78, 5) is 0. The summed E-state index contributed by atoms with van der Waals surface area (Å²) in [5.74, 6) is 13.3. The van der Waals surface area contributed by atoms with Crippen LogP contribution in [0.5, 0.6) is 11.5 Å². The predicted octanol–water partition coefficient (Wildman–Crippen LogP) is 8.32. The number of rotatable bonds is 20. The molecular formula is C29H42O2S6. The molecule has 0 heterocycles. The van der Waals surface area contributed by atoms with Gasteiger partial charge >= 0.3 is 0 Å². The molecule has 0 fully saturated rings. The van der Waals surface area contributed by atoms with E-state index in [2.05, 4.69) is 75.5 Å². The lowest BCUT2D eigenvalue weighted by Crippen LogP contribution is -2.14. The Balaban J connectivity index is 1.47. The van der Waals surface area contributed by atoms with Gasteiger partial charge in [-0.2, -0.15) is 72.3 Å². The van der Waals surface area contributed by atoms with Gasteiger partial charge in [0.15, 0.2) is 0 Å². The molecule has 37 heavy (non-hydrogen) atoms. The van der Waals surface area contributed by atoms with Crippen LogP contribution in [0.15, 0.2) is 36.4 Å². The van der Waals surface area contributed by atoms with Crippen molar-refractivity contribution in [1.82, 2.24) is 0 Å². The van der Waals surface area contributed by atoms with Crippen molar-refractivity contribution in [3.63, 3.8) is 0 Å². The number of benzene rings is 2. The van der Waals surface area contributed by atoms with Crippen molar-refractivity contribution in [2.24, 2.45) is 0 Å². The second-order valence-electron chi connectivity index (χ2n) is 9.34. The Morgan fingerprint density at radius 2 is 1.00 bits per heavy atom. The maximum absolute atomic E-state index is 6.16. The van der Waals surface area contributed by atoms with E-state index in [-0.39, 0.29) is 5.41 Å². The third kappa shape index (κ3) is 10.2. The van der Waals surface area contributed by atoms with Crippen LogP contribution in [0.2, 0.25) is 0 Å². The average Bonchev–Trinajstić information content (AvgIpc) is 3.12. The molecule has 0 radical (unpaired) electrons. The van der Waals surface area contributed by atoms with Crippen LogP contribution in [0.1, 0.15) is 37.8 Å². The van der Waals surface area contributed by atoms with Crippen LogP contribution in [0.25, 0.3) is 11.1 Å². The quantitative estimate of drug-likeness (QED) is 0.115. The van der Waals surface area contributed by atoms with E-state index in [9.17, 15) is 0 Å². The van der Waals surface area contributed by atoms with Crippen molar-refractivity contribution in [2.45, 2.75) is 32.1 Å². The van der Waals surface area contributed by atoms with Crippen molar-refractivity contribution in [3.05, 3.63) is 47.5 Å². The average molecular weight is 615 g/mol. The van der Waals surface area contributed by atoms with Gasteiger partial charge in [-0.3, -0.25) is 0 Å². The van der Waals surface area contributed by atoms with E-state index < -0.39 is 0 Å². The largest absolute Gasteiger partial charge is 0.494 e. The number of ether oxygens (including phenoxy) is 2. The Labute approximate surface area is 253 Å². The van der Waals surface area contributed by atoms with Crippen LogP contribution < -0.4 is 9.47 Å². The SMILES string of the molecule is CC1(C)c2ccc(OCCCSCCSCCS)cc2-c2cc(OCCCSCCSCCS)ccc21. The smallest absolute Gasteiger partial charge is 0.119 e. The minimum atomic E-state index is -0.00897. The Morgan fingerprint density at radius 1 is 0.595 bits per heavy atom. The second-order valence-corrected chi connectivity index (χ2v) is 15.1. The standard InChI is InChI=1S/C29H42O2S6/c1-29(2)27-7-5-23(30-9-3-13-34-17-19-36-15-11-32)21-25(27)26-22-24(6-8-28(26)29)31-10-4-14-35-18-20-37-16-12-33/h5-8,21-22,32-33H,3-4,9-20H2,1-2H3. The molecule has 2 aromatic rings. The fourth-order valence-electron chi connectivity index (χ4n) is 4.38. The molecule has 0 aliphatic heterocycles. The number of hydrogen-bond donors (Lipinski definition) is 2. The van der Waals surface area contributed by atoms with E-state index >= 15 is 0 Å². The van der Waals surface area contributed by atoms with Gasteiger partial charge in [-0.15, -0.1) is 0 Å². The third-order valence-electron chi connectivity index (χ3n) is 6.24. The first-order valence-corrected chi connectivity index (χ1v) is 19.0. The van der Waals surface area contributed by atoms with Crippen LogP contribution in [0.4, 0.5) is 0 Å². The van der Waals surface area contributed by atoms with Crippen molar-refractivity contribution >= 4 is 72.3 Å². The van der Waals surface area contributed by atoms with Gasteiger partial charge in [0, 0.05) is 39.9 Å². The van der Waals surface area contributed by atoms with Gasteiger partial charge in [0.1, 0.15) is 11.5 Å². The molecule has 0 unspecified atom stereocenters.